The molecule has 0 amide bonds. The smallest absolute Gasteiger partial charge is 0.127 e. The highest BCUT2D eigenvalue weighted by Crippen LogP contribution is 2.23. The zero-order valence-electron chi connectivity index (χ0n) is 9.94. The average Bonchev–Trinajstić information content (AvgIpc) is 2.39. The van der Waals surface area contributed by atoms with Gasteiger partial charge in [-0.3, -0.25) is 0 Å². The van der Waals surface area contributed by atoms with E-state index in [1.807, 2.05) is 30.3 Å². The van der Waals surface area contributed by atoms with Gasteiger partial charge in [-0.15, -0.1) is 0 Å². The van der Waals surface area contributed by atoms with E-state index in [-0.39, 0.29) is 11.7 Å². The molecular weight excluding hydrogens is 249 g/mol. The van der Waals surface area contributed by atoms with Crippen molar-refractivity contribution in [2.45, 2.75) is 12.3 Å². The fourth-order valence-corrected chi connectivity index (χ4v) is 2.17. The van der Waals surface area contributed by atoms with Crippen molar-refractivity contribution in [3.05, 3.63) is 70.5 Å². The van der Waals surface area contributed by atoms with E-state index in [1.165, 1.54) is 6.07 Å². The van der Waals surface area contributed by atoms with Crippen LogP contribution in [0, 0.1) is 5.82 Å². The van der Waals surface area contributed by atoms with Crippen molar-refractivity contribution in [3.8, 4) is 0 Å². The van der Waals surface area contributed by atoms with Gasteiger partial charge in [0.25, 0.3) is 0 Å². The summed E-state index contributed by atoms with van der Waals surface area (Å²) in [6.45, 7) is 0.492. The van der Waals surface area contributed by atoms with Gasteiger partial charge in [0.2, 0.25) is 0 Å². The van der Waals surface area contributed by atoms with E-state index >= 15 is 0 Å². The third kappa shape index (κ3) is 3.09. The van der Waals surface area contributed by atoms with Crippen LogP contribution in [0.1, 0.15) is 17.0 Å². The summed E-state index contributed by atoms with van der Waals surface area (Å²) in [7, 11) is 0. The molecule has 0 radical (unpaired) electrons. The molecule has 0 spiro atoms. The fourth-order valence-electron chi connectivity index (χ4n) is 2.02. The second-order valence-corrected chi connectivity index (χ2v) is 4.72. The molecule has 1 atom stereocenters. The van der Waals surface area contributed by atoms with Crippen LogP contribution >= 0.6 is 11.6 Å². The molecule has 0 saturated heterocycles. The molecule has 2 rings (SSSR count). The molecule has 0 aliphatic carbocycles. The third-order valence-electron chi connectivity index (χ3n) is 3.04. The van der Waals surface area contributed by atoms with E-state index in [9.17, 15) is 4.39 Å². The van der Waals surface area contributed by atoms with Crippen LogP contribution in [0.5, 0.6) is 0 Å². The van der Waals surface area contributed by atoms with Crippen LogP contribution in [0.3, 0.4) is 0 Å². The van der Waals surface area contributed by atoms with E-state index in [0.29, 0.717) is 23.6 Å². The molecule has 0 fully saturated rings. The Labute approximate surface area is 111 Å². The number of hydrogen-bond donors (Lipinski definition) is 1. The lowest BCUT2D eigenvalue weighted by Crippen LogP contribution is -2.15. The molecule has 0 bridgehead atoms. The normalized spacial score (nSPS) is 12.4. The van der Waals surface area contributed by atoms with Gasteiger partial charge < -0.3 is 5.73 Å². The zero-order valence-corrected chi connectivity index (χ0v) is 10.7. The van der Waals surface area contributed by atoms with E-state index in [2.05, 4.69) is 0 Å². The van der Waals surface area contributed by atoms with Crippen molar-refractivity contribution in [2.24, 2.45) is 5.73 Å². The topological polar surface area (TPSA) is 26.0 Å². The first-order chi connectivity index (χ1) is 8.70. The van der Waals surface area contributed by atoms with Crippen molar-refractivity contribution in [1.82, 2.24) is 0 Å². The van der Waals surface area contributed by atoms with E-state index in [0.717, 1.165) is 5.56 Å². The summed E-state index contributed by atoms with van der Waals surface area (Å²) in [6.07, 6.45) is 0.587. The molecule has 94 valence electrons. The summed E-state index contributed by atoms with van der Waals surface area (Å²) in [4.78, 5) is 0. The lowest BCUT2D eigenvalue weighted by Gasteiger charge is -2.15. The highest BCUT2D eigenvalue weighted by atomic mass is 35.5. The Morgan fingerprint density at radius 3 is 2.44 bits per heavy atom. The zero-order chi connectivity index (χ0) is 13.0. The molecule has 0 aromatic heterocycles. The average molecular weight is 264 g/mol. The van der Waals surface area contributed by atoms with Crippen LogP contribution in [-0.2, 0) is 6.42 Å². The molecular formula is C15H15ClFN. The predicted molar refractivity (Wildman–Crippen MR) is 73.4 cm³/mol. The molecule has 2 aromatic rings. The minimum absolute atomic E-state index is 0.127. The van der Waals surface area contributed by atoms with Gasteiger partial charge in [-0.05, 0) is 36.2 Å². The van der Waals surface area contributed by atoms with Gasteiger partial charge in [0.1, 0.15) is 5.82 Å². The quantitative estimate of drug-likeness (QED) is 0.893. The maximum absolute atomic E-state index is 13.7. The van der Waals surface area contributed by atoms with Crippen molar-refractivity contribution in [2.75, 3.05) is 6.54 Å². The number of benzene rings is 2. The molecule has 1 nitrogen and oxygen atoms in total. The van der Waals surface area contributed by atoms with Crippen molar-refractivity contribution in [3.63, 3.8) is 0 Å². The van der Waals surface area contributed by atoms with Crippen LogP contribution in [-0.4, -0.2) is 6.54 Å². The minimum atomic E-state index is -0.267. The lowest BCUT2D eigenvalue weighted by atomic mass is 9.92. The molecule has 3 heteroatoms. The molecule has 1 unspecified atom stereocenters. The van der Waals surface area contributed by atoms with E-state index < -0.39 is 0 Å². The third-order valence-corrected chi connectivity index (χ3v) is 3.27. The second kappa shape index (κ2) is 5.98. The first-order valence-electron chi connectivity index (χ1n) is 5.89. The summed E-state index contributed by atoms with van der Waals surface area (Å²) >= 11 is 5.74. The lowest BCUT2D eigenvalue weighted by molar-refractivity contribution is 0.590. The first-order valence-corrected chi connectivity index (χ1v) is 6.27. The van der Waals surface area contributed by atoms with Crippen LogP contribution in [0.2, 0.25) is 5.02 Å². The number of halogens is 2. The largest absolute Gasteiger partial charge is 0.330 e. The molecule has 0 aliphatic heterocycles. The van der Waals surface area contributed by atoms with Crippen LogP contribution in [0.4, 0.5) is 4.39 Å². The molecule has 2 N–H and O–H groups in total. The van der Waals surface area contributed by atoms with Gasteiger partial charge in [0.15, 0.2) is 0 Å². The SMILES string of the molecule is NCC(Cc1ccc(Cl)cc1F)c1ccccc1. The van der Waals surface area contributed by atoms with Gasteiger partial charge in [-0.2, -0.15) is 0 Å². The summed E-state index contributed by atoms with van der Waals surface area (Å²) in [5.74, 6) is -0.140. The molecule has 18 heavy (non-hydrogen) atoms. The Hall–Kier alpha value is -1.38. The summed E-state index contributed by atoms with van der Waals surface area (Å²) in [6, 6.07) is 14.7. The molecule has 0 saturated carbocycles. The van der Waals surface area contributed by atoms with Gasteiger partial charge in [0.05, 0.1) is 0 Å². The van der Waals surface area contributed by atoms with E-state index in [4.69, 9.17) is 17.3 Å². The Kier molecular flexibility index (Phi) is 4.34. The summed E-state index contributed by atoms with van der Waals surface area (Å²) in [5, 5.41) is 0.417. The Morgan fingerprint density at radius 2 is 1.83 bits per heavy atom. The number of rotatable bonds is 4. The maximum atomic E-state index is 13.7. The fraction of sp³-hybridized carbons (Fsp3) is 0.200. The van der Waals surface area contributed by atoms with Crippen LogP contribution < -0.4 is 5.73 Å². The van der Waals surface area contributed by atoms with E-state index in [1.54, 1.807) is 12.1 Å². The van der Waals surface area contributed by atoms with Crippen LogP contribution in [0.15, 0.2) is 48.5 Å². The standard InChI is InChI=1S/C15H15ClFN/c16-14-7-6-12(15(17)9-14)8-13(10-18)11-4-2-1-3-5-11/h1-7,9,13H,8,10,18H2. The maximum Gasteiger partial charge on any atom is 0.127 e. The second-order valence-electron chi connectivity index (χ2n) is 4.28. The molecule has 2 aromatic carbocycles. The van der Waals surface area contributed by atoms with Gasteiger partial charge in [0, 0.05) is 10.9 Å². The number of hydrogen-bond acceptors (Lipinski definition) is 1. The highest BCUT2D eigenvalue weighted by Gasteiger charge is 2.13. The molecule has 0 aliphatic rings. The Bertz CT molecular complexity index is 513. The summed E-state index contributed by atoms with van der Waals surface area (Å²) < 4.78 is 13.7. The van der Waals surface area contributed by atoms with Gasteiger partial charge in [-0.1, -0.05) is 48.0 Å². The first kappa shape index (κ1) is 13.1. The van der Waals surface area contributed by atoms with Crippen molar-refractivity contribution >= 4 is 11.6 Å². The van der Waals surface area contributed by atoms with Crippen molar-refractivity contribution in [1.29, 1.82) is 0 Å². The van der Waals surface area contributed by atoms with Crippen LogP contribution in [0.25, 0.3) is 0 Å². The number of nitrogens with two attached hydrogens (primary N) is 1. The Morgan fingerprint density at radius 1 is 1.11 bits per heavy atom. The van der Waals surface area contributed by atoms with Crippen molar-refractivity contribution < 1.29 is 4.39 Å². The Balaban J connectivity index is 2.21. The monoisotopic (exact) mass is 263 g/mol. The molecule has 0 heterocycles. The summed E-state index contributed by atoms with van der Waals surface area (Å²) in [5.41, 5.74) is 7.57. The van der Waals surface area contributed by atoms with Gasteiger partial charge in [-0.25, -0.2) is 4.39 Å². The van der Waals surface area contributed by atoms with Gasteiger partial charge >= 0.3 is 0 Å². The predicted octanol–water partition coefficient (Wildman–Crippen LogP) is 3.76. The minimum Gasteiger partial charge on any atom is -0.330 e. The highest BCUT2D eigenvalue weighted by molar-refractivity contribution is 6.30.